The van der Waals surface area contributed by atoms with Gasteiger partial charge in [-0.2, -0.15) is 0 Å². The molecule has 0 heterocycles. The Bertz CT molecular complexity index is 1070. The second-order valence-corrected chi connectivity index (χ2v) is 9.25. The van der Waals surface area contributed by atoms with Gasteiger partial charge in [0.1, 0.15) is 5.60 Å². The van der Waals surface area contributed by atoms with Crippen LogP contribution in [-0.4, -0.2) is 34.3 Å². The molecule has 2 aromatic rings. The number of carbonyl (C=O) groups is 4. The Balaban J connectivity index is 2.24. The van der Waals surface area contributed by atoms with Crippen molar-refractivity contribution in [3.63, 3.8) is 0 Å². The Kier molecular flexibility index (Phi) is 9.65. The van der Waals surface area contributed by atoms with Crippen LogP contribution in [-0.2, 0) is 25.7 Å². The van der Waals surface area contributed by atoms with E-state index in [1.807, 2.05) is 6.92 Å². The molecule has 34 heavy (non-hydrogen) atoms. The quantitative estimate of drug-likeness (QED) is 0.238. The molecule has 2 rings (SSSR count). The predicted octanol–water partition coefficient (Wildman–Crippen LogP) is 5.70. The van der Waals surface area contributed by atoms with Gasteiger partial charge in [0.05, 0.1) is 28.6 Å². The Morgan fingerprint density at radius 1 is 1.00 bits per heavy atom. The molecule has 0 aromatic heterocycles. The molecule has 0 aliphatic heterocycles. The molecule has 0 radical (unpaired) electrons. The van der Waals surface area contributed by atoms with Crippen LogP contribution in [0.2, 0.25) is 10.0 Å². The predicted molar refractivity (Wildman–Crippen MR) is 130 cm³/mol. The molecule has 0 bridgehead atoms. The first-order valence-electron chi connectivity index (χ1n) is 10.8. The highest BCUT2D eigenvalue weighted by Gasteiger charge is 2.29. The summed E-state index contributed by atoms with van der Waals surface area (Å²) in [6.07, 6.45) is 1.63. The molecule has 0 spiro atoms. The molecule has 1 N–H and O–H groups in total. The van der Waals surface area contributed by atoms with Crippen molar-refractivity contribution in [1.29, 1.82) is 0 Å². The van der Waals surface area contributed by atoms with E-state index >= 15 is 0 Å². The summed E-state index contributed by atoms with van der Waals surface area (Å²) in [5.74, 6) is -3.79. The SMILES string of the molecule is CCCCC(C)(C)OC(=O)C(=O)CC(=O)N(Cc1ccc(Cl)c(Cl)c1)c1ccc(C(=O)O)cc1. The van der Waals surface area contributed by atoms with Crippen molar-refractivity contribution in [1.82, 2.24) is 0 Å². The number of carboxylic acid groups (broad SMARTS) is 1. The Morgan fingerprint density at radius 3 is 2.21 bits per heavy atom. The molecule has 9 heteroatoms. The van der Waals surface area contributed by atoms with Crippen molar-refractivity contribution >= 4 is 52.5 Å². The zero-order valence-corrected chi connectivity index (χ0v) is 20.8. The largest absolute Gasteiger partial charge is 0.478 e. The number of ether oxygens (including phenoxy) is 1. The van der Waals surface area contributed by atoms with E-state index in [9.17, 15) is 19.2 Å². The number of Topliss-reactive ketones (excluding diaryl/α,β-unsaturated/α-hetero) is 1. The van der Waals surface area contributed by atoms with Crippen LogP contribution in [0, 0.1) is 0 Å². The highest BCUT2D eigenvalue weighted by molar-refractivity contribution is 6.42. The van der Waals surface area contributed by atoms with Gasteiger partial charge < -0.3 is 14.7 Å². The number of anilines is 1. The monoisotopic (exact) mass is 507 g/mol. The van der Waals surface area contributed by atoms with E-state index in [1.54, 1.807) is 32.0 Å². The number of esters is 1. The van der Waals surface area contributed by atoms with Gasteiger partial charge >= 0.3 is 11.9 Å². The molecule has 1 amide bonds. The minimum absolute atomic E-state index is 0.0203. The Morgan fingerprint density at radius 2 is 1.65 bits per heavy atom. The van der Waals surface area contributed by atoms with Gasteiger partial charge in [-0.3, -0.25) is 9.59 Å². The average Bonchev–Trinajstić information content (AvgIpc) is 2.78. The van der Waals surface area contributed by atoms with Crippen LogP contribution in [0.15, 0.2) is 42.5 Å². The molecule has 0 aliphatic carbocycles. The van der Waals surface area contributed by atoms with E-state index in [0.717, 1.165) is 12.8 Å². The minimum atomic E-state index is -1.11. The number of hydrogen-bond acceptors (Lipinski definition) is 5. The third kappa shape index (κ3) is 7.85. The third-order valence-electron chi connectivity index (χ3n) is 5.09. The molecular weight excluding hydrogens is 481 g/mol. The number of ketones is 1. The second-order valence-electron chi connectivity index (χ2n) is 8.43. The van der Waals surface area contributed by atoms with Gasteiger partial charge in [0.2, 0.25) is 11.7 Å². The smallest absolute Gasteiger partial charge is 0.375 e. The lowest BCUT2D eigenvalue weighted by Gasteiger charge is -2.25. The van der Waals surface area contributed by atoms with Crippen molar-refractivity contribution in [2.24, 2.45) is 0 Å². The van der Waals surface area contributed by atoms with Gasteiger partial charge in [0, 0.05) is 5.69 Å². The fourth-order valence-electron chi connectivity index (χ4n) is 3.19. The van der Waals surface area contributed by atoms with Gasteiger partial charge in [-0.15, -0.1) is 0 Å². The number of carbonyl (C=O) groups excluding carboxylic acids is 3. The molecule has 182 valence electrons. The number of halogens is 2. The zero-order valence-electron chi connectivity index (χ0n) is 19.3. The summed E-state index contributed by atoms with van der Waals surface area (Å²) in [5.41, 5.74) is 0.198. The summed E-state index contributed by atoms with van der Waals surface area (Å²) in [6.45, 7) is 5.46. The summed E-state index contributed by atoms with van der Waals surface area (Å²) in [6, 6.07) is 10.4. The molecule has 2 aromatic carbocycles. The summed E-state index contributed by atoms with van der Waals surface area (Å²) < 4.78 is 5.32. The maximum atomic E-state index is 13.1. The third-order valence-corrected chi connectivity index (χ3v) is 5.83. The lowest BCUT2D eigenvalue weighted by atomic mass is 10.0. The lowest BCUT2D eigenvalue weighted by Crippen LogP contribution is -2.36. The van der Waals surface area contributed by atoms with E-state index in [2.05, 4.69) is 0 Å². The number of nitrogens with zero attached hydrogens (tertiary/aromatic N) is 1. The van der Waals surface area contributed by atoms with Crippen molar-refractivity contribution in [3.05, 3.63) is 63.6 Å². The van der Waals surface area contributed by atoms with E-state index in [0.29, 0.717) is 27.7 Å². The molecule has 0 fully saturated rings. The van der Waals surface area contributed by atoms with Gasteiger partial charge in [-0.25, -0.2) is 9.59 Å². The van der Waals surface area contributed by atoms with Crippen molar-refractivity contribution in [2.45, 2.75) is 58.6 Å². The molecule has 7 nitrogen and oxygen atoms in total. The van der Waals surface area contributed by atoms with Crippen molar-refractivity contribution in [2.75, 3.05) is 4.90 Å². The van der Waals surface area contributed by atoms with Gasteiger partial charge in [0.25, 0.3) is 0 Å². The Labute approximate surface area is 208 Å². The average molecular weight is 508 g/mol. The fraction of sp³-hybridized carbons (Fsp3) is 0.360. The number of amides is 1. The highest BCUT2D eigenvalue weighted by Crippen LogP contribution is 2.26. The number of unbranched alkanes of at least 4 members (excludes halogenated alkanes) is 1. The topological polar surface area (TPSA) is 101 Å². The second kappa shape index (κ2) is 12.0. The van der Waals surface area contributed by atoms with Crippen molar-refractivity contribution < 1.29 is 29.0 Å². The zero-order chi connectivity index (χ0) is 25.5. The van der Waals surface area contributed by atoms with Gasteiger partial charge in [0.15, 0.2) is 0 Å². The van der Waals surface area contributed by atoms with Crippen LogP contribution in [0.3, 0.4) is 0 Å². The first-order chi connectivity index (χ1) is 15.9. The molecule has 0 unspecified atom stereocenters. The summed E-state index contributed by atoms with van der Waals surface area (Å²) in [7, 11) is 0. The maximum absolute atomic E-state index is 13.1. The normalized spacial score (nSPS) is 11.1. The van der Waals surface area contributed by atoms with E-state index in [-0.39, 0.29) is 12.1 Å². The summed E-state index contributed by atoms with van der Waals surface area (Å²) in [4.78, 5) is 50.4. The van der Waals surface area contributed by atoms with Crippen LogP contribution in [0.1, 0.15) is 62.4 Å². The number of carboxylic acids is 1. The standard InChI is InChI=1S/C25H27Cl2NO6/c1-4-5-12-25(2,3)34-24(33)21(29)14-22(30)28(15-16-6-11-19(26)20(27)13-16)18-9-7-17(8-10-18)23(31)32/h6-11,13H,4-5,12,14-15H2,1-3H3,(H,31,32). The Hall–Kier alpha value is -2.90. The van der Waals surface area contributed by atoms with Crippen LogP contribution in [0.5, 0.6) is 0 Å². The van der Waals surface area contributed by atoms with E-state index in [4.69, 9.17) is 33.0 Å². The summed E-state index contributed by atoms with van der Waals surface area (Å²) in [5, 5.41) is 9.78. The lowest BCUT2D eigenvalue weighted by molar-refractivity contribution is -0.164. The van der Waals surface area contributed by atoms with Crippen LogP contribution in [0.25, 0.3) is 0 Å². The van der Waals surface area contributed by atoms with Crippen LogP contribution in [0.4, 0.5) is 5.69 Å². The summed E-state index contributed by atoms with van der Waals surface area (Å²) >= 11 is 12.1. The van der Waals surface area contributed by atoms with Crippen LogP contribution < -0.4 is 4.90 Å². The first-order valence-corrected chi connectivity index (χ1v) is 11.5. The first kappa shape index (κ1) is 27.3. The number of hydrogen-bond donors (Lipinski definition) is 1. The van der Waals surface area contributed by atoms with Gasteiger partial charge in [-0.1, -0.05) is 42.6 Å². The van der Waals surface area contributed by atoms with Crippen molar-refractivity contribution in [3.8, 4) is 0 Å². The van der Waals surface area contributed by atoms with Gasteiger partial charge in [-0.05, 0) is 68.7 Å². The molecule has 0 saturated heterocycles. The van der Waals surface area contributed by atoms with E-state index in [1.165, 1.54) is 29.2 Å². The van der Waals surface area contributed by atoms with E-state index < -0.39 is 35.7 Å². The minimum Gasteiger partial charge on any atom is -0.478 e. The molecule has 0 saturated carbocycles. The highest BCUT2D eigenvalue weighted by atomic mass is 35.5. The fourth-order valence-corrected chi connectivity index (χ4v) is 3.51. The number of rotatable bonds is 11. The maximum Gasteiger partial charge on any atom is 0.375 e. The number of benzene rings is 2. The van der Waals surface area contributed by atoms with Crippen LogP contribution >= 0.6 is 23.2 Å². The molecule has 0 atom stereocenters. The number of aromatic carboxylic acids is 1. The molecular formula is C25H27Cl2NO6. The molecule has 0 aliphatic rings.